The zero-order chi connectivity index (χ0) is 23.1. The standard InChI is InChI=1S/C26H28N2O.CO2/c1-18(2)21-7-4-6-20(12-21)13-26(29)22-8-5-9-24(14-22)28-11-10-25-19(3)15-27-16-23(25)17-28;2-1-3/h4-9,12,14-16,18H,10-11,13,17H2,1-3H3;. The van der Waals surface area contributed by atoms with Crippen molar-refractivity contribution >= 4 is 17.6 Å². The van der Waals surface area contributed by atoms with Gasteiger partial charge in [-0.2, -0.15) is 9.59 Å². The van der Waals surface area contributed by atoms with Crippen molar-refractivity contribution in [3.05, 3.63) is 94.3 Å². The minimum Gasteiger partial charge on any atom is -0.367 e. The summed E-state index contributed by atoms with van der Waals surface area (Å²) in [5.74, 6) is 0.635. The molecule has 0 bridgehead atoms. The molecule has 3 aromatic rings. The second-order valence-electron chi connectivity index (χ2n) is 8.40. The van der Waals surface area contributed by atoms with E-state index in [0.29, 0.717) is 12.3 Å². The molecule has 1 aliphatic rings. The highest BCUT2D eigenvalue weighted by Gasteiger charge is 2.19. The second kappa shape index (κ2) is 10.7. The number of aryl methyl sites for hydroxylation is 1. The molecule has 0 fully saturated rings. The molecule has 32 heavy (non-hydrogen) atoms. The van der Waals surface area contributed by atoms with Crippen molar-refractivity contribution in [1.29, 1.82) is 0 Å². The molecule has 4 rings (SSSR count). The van der Waals surface area contributed by atoms with Gasteiger partial charge in [0.05, 0.1) is 0 Å². The van der Waals surface area contributed by atoms with Crippen molar-refractivity contribution in [2.75, 3.05) is 11.4 Å². The molecule has 2 heterocycles. The number of carbonyl (C=O) groups excluding carboxylic acids is 3. The average Bonchev–Trinajstić information content (AvgIpc) is 2.80. The van der Waals surface area contributed by atoms with Gasteiger partial charge in [0, 0.05) is 43.2 Å². The Hall–Kier alpha value is -3.56. The maximum atomic E-state index is 12.9. The first-order valence-electron chi connectivity index (χ1n) is 10.8. The zero-order valence-electron chi connectivity index (χ0n) is 18.8. The minimum atomic E-state index is 0.169. The van der Waals surface area contributed by atoms with Crippen molar-refractivity contribution in [1.82, 2.24) is 4.98 Å². The number of carbonyl (C=O) groups is 1. The number of nitrogens with zero attached hydrogens (tertiary/aromatic N) is 2. The Morgan fingerprint density at radius 1 is 1.09 bits per heavy atom. The van der Waals surface area contributed by atoms with Crippen LogP contribution in [0.1, 0.15) is 57.9 Å². The SMILES string of the molecule is Cc1cncc2c1CCN(c1cccc(C(=O)Cc3cccc(C(C)C)c3)c1)C2.O=C=O. The fourth-order valence-corrected chi connectivity index (χ4v) is 4.12. The highest BCUT2D eigenvalue weighted by molar-refractivity contribution is 5.98. The van der Waals surface area contributed by atoms with Crippen LogP contribution < -0.4 is 4.90 Å². The van der Waals surface area contributed by atoms with Gasteiger partial charge in [-0.1, -0.05) is 50.2 Å². The third-order valence-corrected chi connectivity index (χ3v) is 5.87. The first-order valence-corrected chi connectivity index (χ1v) is 10.8. The Balaban J connectivity index is 0.000000913. The van der Waals surface area contributed by atoms with Gasteiger partial charge in [0.2, 0.25) is 0 Å². The Labute approximate surface area is 189 Å². The summed E-state index contributed by atoms with van der Waals surface area (Å²) in [6.07, 6.45) is 5.63. The fourth-order valence-electron chi connectivity index (χ4n) is 4.12. The molecule has 0 saturated heterocycles. The maximum Gasteiger partial charge on any atom is 0.373 e. The van der Waals surface area contributed by atoms with Crippen LogP contribution in [-0.4, -0.2) is 23.5 Å². The predicted octanol–water partition coefficient (Wildman–Crippen LogP) is 4.92. The summed E-state index contributed by atoms with van der Waals surface area (Å²) in [5.41, 5.74) is 8.24. The van der Waals surface area contributed by atoms with Crippen molar-refractivity contribution in [2.24, 2.45) is 0 Å². The lowest BCUT2D eigenvalue weighted by Gasteiger charge is -2.31. The van der Waals surface area contributed by atoms with E-state index in [-0.39, 0.29) is 11.9 Å². The Morgan fingerprint density at radius 3 is 2.59 bits per heavy atom. The zero-order valence-corrected chi connectivity index (χ0v) is 18.8. The van der Waals surface area contributed by atoms with E-state index in [9.17, 15) is 4.79 Å². The molecule has 164 valence electrons. The smallest absolute Gasteiger partial charge is 0.367 e. The number of aromatic nitrogens is 1. The highest BCUT2D eigenvalue weighted by Crippen LogP contribution is 2.27. The van der Waals surface area contributed by atoms with E-state index in [1.165, 1.54) is 22.3 Å². The molecule has 2 aromatic carbocycles. The number of hydrogen-bond acceptors (Lipinski definition) is 5. The molecular weight excluding hydrogens is 400 g/mol. The number of rotatable bonds is 5. The van der Waals surface area contributed by atoms with Gasteiger partial charge < -0.3 is 4.90 Å². The van der Waals surface area contributed by atoms with E-state index < -0.39 is 0 Å². The summed E-state index contributed by atoms with van der Waals surface area (Å²) < 4.78 is 0. The predicted molar refractivity (Wildman–Crippen MR) is 124 cm³/mol. The topological polar surface area (TPSA) is 67.3 Å². The number of ketones is 1. The van der Waals surface area contributed by atoms with Crippen LogP contribution in [0.2, 0.25) is 0 Å². The third-order valence-electron chi connectivity index (χ3n) is 5.87. The van der Waals surface area contributed by atoms with Gasteiger partial charge >= 0.3 is 6.15 Å². The third kappa shape index (κ3) is 5.57. The van der Waals surface area contributed by atoms with Gasteiger partial charge in [-0.25, -0.2) is 0 Å². The Kier molecular flexibility index (Phi) is 7.69. The van der Waals surface area contributed by atoms with E-state index >= 15 is 0 Å². The molecule has 0 amide bonds. The van der Waals surface area contributed by atoms with Gasteiger partial charge in [0.15, 0.2) is 5.78 Å². The van der Waals surface area contributed by atoms with Gasteiger partial charge in [0.1, 0.15) is 0 Å². The molecule has 0 radical (unpaired) electrons. The number of hydrogen-bond donors (Lipinski definition) is 0. The van der Waals surface area contributed by atoms with Crippen LogP contribution in [0.15, 0.2) is 60.9 Å². The van der Waals surface area contributed by atoms with E-state index in [1.54, 1.807) is 0 Å². The normalized spacial score (nSPS) is 12.4. The number of Topliss-reactive ketones (excluding diaryl/α,β-unsaturated/α-hetero) is 1. The number of anilines is 1. The molecule has 5 heteroatoms. The van der Waals surface area contributed by atoms with Crippen molar-refractivity contribution < 1.29 is 14.4 Å². The van der Waals surface area contributed by atoms with Crippen molar-refractivity contribution in [2.45, 2.75) is 46.1 Å². The van der Waals surface area contributed by atoms with Crippen molar-refractivity contribution in [3.63, 3.8) is 0 Å². The van der Waals surface area contributed by atoms with Crippen LogP contribution in [0.5, 0.6) is 0 Å². The van der Waals surface area contributed by atoms with E-state index in [4.69, 9.17) is 9.59 Å². The molecule has 0 atom stereocenters. The fraction of sp³-hybridized carbons (Fsp3) is 0.296. The molecule has 0 spiro atoms. The van der Waals surface area contributed by atoms with Gasteiger partial charge in [-0.3, -0.25) is 9.78 Å². The number of benzene rings is 2. The second-order valence-corrected chi connectivity index (χ2v) is 8.40. The summed E-state index contributed by atoms with van der Waals surface area (Å²) in [5, 5.41) is 0. The molecule has 5 nitrogen and oxygen atoms in total. The van der Waals surface area contributed by atoms with Crippen LogP contribution in [0.4, 0.5) is 5.69 Å². The molecule has 0 aliphatic carbocycles. The number of fused-ring (bicyclic) bond motifs is 1. The quantitative estimate of drug-likeness (QED) is 0.540. The summed E-state index contributed by atoms with van der Waals surface area (Å²) >= 11 is 0. The largest absolute Gasteiger partial charge is 0.373 e. The highest BCUT2D eigenvalue weighted by atomic mass is 16.2. The van der Waals surface area contributed by atoms with E-state index in [0.717, 1.165) is 36.3 Å². The lowest BCUT2D eigenvalue weighted by atomic mass is 9.96. The van der Waals surface area contributed by atoms with Crippen LogP contribution in [0.25, 0.3) is 0 Å². The molecule has 1 aliphatic heterocycles. The monoisotopic (exact) mass is 428 g/mol. The first-order chi connectivity index (χ1) is 15.4. The minimum absolute atomic E-state index is 0.169. The van der Waals surface area contributed by atoms with Gasteiger partial charge in [-0.05, 0) is 59.2 Å². The van der Waals surface area contributed by atoms with Crippen LogP contribution >= 0.6 is 0 Å². The van der Waals surface area contributed by atoms with Crippen molar-refractivity contribution in [3.8, 4) is 0 Å². The van der Waals surface area contributed by atoms with Crippen LogP contribution in [-0.2, 0) is 29.0 Å². The van der Waals surface area contributed by atoms with Crippen LogP contribution in [0, 0.1) is 6.92 Å². The molecular formula is C27H28N2O3. The summed E-state index contributed by atoms with van der Waals surface area (Å²) in [4.78, 5) is 35.9. The first kappa shape index (κ1) is 23.1. The van der Waals surface area contributed by atoms with Gasteiger partial charge in [0.25, 0.3) is 0 Å². The van der Waals surface area contributed by atoms with E-state index in [2.05, 4.69) is 54.9 Å². The summed E-state index contributed by atoms with van der Waals surface area (Å²) in [6.45, 7) is 8.30. The Bertz CT molecular complexity index is 1130. The summed E-state index contributed by atoms with van der Waals surface area (Å²) in [6, 6.07) is 16.5. The number of pyridine rings is 1. The Morgan fingerprint density at radius 2 is 1.84 bits per heavy atom. The molecule has 1 aromatic heterocycles. The van der Waals surface area contributed by atoms with E-state index in [1.807, 2.05) is 36.7 Å². The molecule has 0 saturated carbocycles. The summed E-state index contributed by atoms with van der Waals surface area (Å²) in [7, 11) is 0. The average molecular weight is 429 g/mol. The maximum absolute atomic E-state index is 12.9. The molecule has 0 N–H and O–H groups in total. The lowest BCUT2D eigenvalue weighted by Crippen LogP contribution is -2.31. The molecule has 0 unspecified atom stereocenters. The van der Waals surface area contributed by atoms with Crippen LogP contribution in [0.3, 0.4) is 0 Å². The van der Waals surface area contributed by atoms with Gasteiger partial charge in [-0.15, -0.1) is 0 Å². The lowest BCUT2D eigenvalue weighted by molar-refractivity contribution is -0.191.